The zero-order valence-electron chi connectivity index (χ0n) is 24.1. The molecule has 10 nitrogen and oxygen atoms in total. The van der Waals surface area contributed by atoms with Crippen molar-refractivity contribution in [2.45, 2.75) is 94.0 Å². The first-order valence-corrected chi connectivity index (χ1v) is 15.0. The summed E-state index contributed by atoms with van der Waals surface area (Å²) in [6, 6.07) is -0.924. The van der Waals surface area contributed by atoms with Crippen LogP contribution in [-0.4, -0.2) is 99.1 Å². The minimum atomic E-state index is -1.19. The Labute approximate surface area is 245 Å². The van der Waals surface area contributed by atoms with Gasteiger partial charge in [-0.1, -0.05) is 28.1 Å². The summed E-state index contributed by atoms with van der Waals surface area (Å²) in [7, 11) is 0. The van der Waals surface area contributed by atoms with Crippen LogP contribution in [0.4, 0.5) is 0 Å². The van der Waals surface area contributed by atoms with Crippen LogP contribution in [0.3, 0.4) is 0 Å². The lowest BCUT2D eigenvalue weighted by Gasteiger charge is -2.42. The third-order valence-electron chi connectivity index (χ3n) is 7.97. The number of nitrogens with one attached hydrogen (secondary N) is 1. The second kappa shape index (κ2) is 13.2. The number of allylic oxidation sites excluding steroid dienone is 1. The van der Waals surface area contributed by atoms with Crippen molar-refractivity contribution in [2.24, 2.45) is 11.8 Å². The molecule has 1 spiro atoms. The molecule has 3 saturated heterocycles. The van der Waals surface area contributed by atoms with E-state index in [1.165, 1.54) is 0 Å². The van der Waals surface area contributed by atoms with Crippen molar-refractivity contribution >= 4 is 39.6 Å². The summed E-state index contributed by atoms with van der Waals surface area (Å²) in [5, 5.41) is 12.1. The van der Waals surface area contributed by atoms with Gasteiger partial charge in [0.1, 0.15) is 17.7 Å². The molecule has 3 amide bonds. The lowest BCUT2D eigenvalue weighted by atomic mass is 9.70. The number of amides is 3. The maximum absolute atomic E-state index is 14.3. The van der Waals surface area contributed by atoms with E-state index in [9.17, 15) is 24.3 Å². The number of alkyl halides is 1. The number of unbranched alkanes of at least 4 members (excludes halogenated alkanes) is 1. The third-order valence-corrected chi connectivity index (χ3v) is 8.81. The predicted molar refractivity (Wildman–Crippen MR) is 153 cm³/mol. The van der Waals surface area contributed by atoms with Gasteiger partial charge in [0, 0.05) is 36.5 Å². The van der Waals surface area contributed by atoms with Gasteiger partial charge < -0.3 is 29.7 Å². The van der Waals surface area contributed by atoms with E-state index in [-0.39, 0.29) is 42.2 Å². The quantitative estimate of drug-likeness (QED) is 0.131. The molecular weight excluding hydrogens is 582 g/mol. The SMILES string of the molecule is C=CCCC(=O)NC[C@@H](C)OC(=O)[C@H]1[C@@H]2O[C@@]3(CC2Br)[C@@H]1C(=O)N(CCCCO)[C@@H]3C(=O)N(CC=C)C(C)(C)C. The van der Waals surface area contributed by atoms with Gasteiger partial charge in [0.05, 0.1) is 24.5 Å². The Hall–Kier alpha value is -2.24. The number of hydrogen-bond acceptors (Lipinski definition) is 7. The molecule has 11 heteroatoms. The van der Waals surface area contributed by atoms with E-state index in [0.717, 1.165) is 0 Å². The average molecular weight is 627 g/mol. The lowest BCUT2D eigenvalue weighted by Crippen LogP contribution is -2.60. The molecule has 3 heterocycles. The van der Waals surface area contributed by atoms with Crippen LogP contribution >= 0.6 is 15.9 Å². The number of esters is 1. The topological polar surface area (TPSA) is 125 Å². The van der Waals surface area contributed by atoms with Crippen LogP contribution in [0.5, 0.6) is 0 Å². The Balaban J connectivity index is 1.89. The summed E-state index contributed by atoms with van der Waals surface area (Å²) in [6.07, 6.45) is 4.28. The predicted octanol–water partition coefficient (Wildman–Crippen LogP) is 2.33. The van der Waals surface area contributed by atoms with Gasteiger partial charge in [0.15, 0.2) is 0 Å². The van der Waals surface area contributed by atoms with Gasteiger partial charge in [0.25, 0.3) is 0 Å². The highest BCUT2D eigenvalue weighted by Crippen LogP contribution is 2.60. The summed E-state index contributed by atoms with van der Waals surface area (Å²) in [4.78, 5) is 56.8. The number of rotatable bonds is 14. The number of aliphatic hydroxyl groups excluding tert-OH is 1. The first kappa shape index (κ1) is 32.3. The number of hydrogen-bond donors (Lipinski definition) is 2. The zero-order valence-corrected chi connectivity index (χ0v) is 25.7. The van der Waals surface area contributed by atoms with Crippen LogP contribution in [0.25, 0.3) is 0 Å². The molecule has 3 aliphatic rings. The molecule has 224 valence electrons. The number of carbonyl (C=O) groups is 4. The van der Waals surface area contributed by atoms with Crippen molar-refractivity contribution in [1.82, 2.24) is 15.1 Å². The van der Waals surface area contributed by atoms with Crippen molar-refractivity contribution in [3.63, 3.8) is 0 Å². The van der Waals surface area contributed by atoms with E-state index in [4.69, 9.17) is 9.47 Å². The molecule has 2 N–H and O–H groups in total. The molecule has 3 fully saturated rings. The van der Waals surface area contributed by atoms with Gasteiger partial charge in [0.2, 0.25) is 17.7 Å². The summed E-state index contributed by atoms with van der Waals surface area (Å²) >= 11 is 3.66. The lowest BCUT2D eigenvalue weighted by molar-refractivity contribution is -0.159. The van der Waals surface area contributed by atoms with E-state index in [0.29, 0.717) is 38.6 Å². The van der Waals surface area contributed by atoms with Crippen molar-refractivity contribution in [3.05, 3.63) is 25.3 Å². The molecule has 0 radical (unpaired) electrons. The molecule has 2 bridgehead atoms. The maximum Gasteiger partial charge on any atom is 0.312 e. The molecule has 7 atom stereocenters. The normalized spacial score (nSPS) is 29.6. The Morgan fingerprint density at radius 1 is 1.30 bits per heavy atom. The molecule has 0 aromatic rings. The number of fused-ring (bicyclic) bond motifs is 1. The van der Waals surface area contributed by atoms with Crippen LogP contribution < -0.4 is 5.32 Å². The fraction of sp³-hybridized carbons (Fsp3) is 0.724. The van der Waals surface area contributed by atoms with Gasteiger partial charge in [-0.05, 0) is 53.4 Å². The van der Waals surface area contributed by atoms with Crippen LogP contribution in [0.15, 0.2) is 25.3 Å². The fourth-order valence-electron chi connectivity index (χ4n) is 6.18. The highest BCUT2D eigenvalue weighted by Gasteiger charge is 2.77. The Morgan fingerprint density at radius 3 is 2.60 bits per heavy atom. The monoisotopic (exact) mass is 625 g/mol. The molecule has 0 aliphatic carbocycles. The van der Waals surface area contributed by atoms with Gasteiger partial charge in [-0.2, -0.15) is 0 Å². The van der Waals surface area contributed by atoms with E-state index in [1.807, 2.05) is 20.8 Å². The molecular formula is C29H44BrN3O7. The second-order valence-corrected chi connectivity index (χ2v) is 13.1. The number of carbonyl (C=O) groups excluding carboxylic acids is 4. The molecule has 0 aromatic carbocycles. The number of ether oxygens (including phenoxy) is 2. The Morgan fingerprint density at radius 2 is 2.00 bits per heavy atom. The van der Waals surface area contributed by atoms with Gasteiger partial charge in [-0.3, -0.25) is 19.2 Å². The number of aliphatic hydroxyl groups is 1. The number of likely N-dealkylation sites (tertiary alicyclic amines) is 1. The van der Waals surface area contributed by atoms with E-state index >= 15 is 0 Å². The number of halogens is 1. The first-order valence-electron chi connectivity index (χ1n) is 14.1. The highest BCUT2D eigenvalue weighted by atomic mass is 79.9. The van der Waals surface area contributed by atoms with Crippen LogP contribution in [0.1, 0.15) is 59.8 Å². The standard InChI is InChI=1S/C29H44BrN3O7/c1-7-9-12-20(35)31-17-18(3)39-27(38)21-22-25(36)32(14-10-11-15-34)24(29(22)16-19(30)23(21)40-29)26(37)33(13-8-2)28(4,5)6/h7-8,18-19,21-24,34H,1-2,9-17H2,3-6H3,(H,31,35)/t18-,19?,21-,22+,23-,24-,29+/m1/s1. The minimum absolute atomic E-state index is 0.0290. The third kappa shape index (κ3) is 6.31. The second-order valence-electron chi connectivity index (χ2n) is 11.9. The smallest absolute Gasteiger partial charge is 0.312 e. The largest absolute Gasteiger partial charge is 0.460 e. The number of nitrogens with zero attached hydrogens (tertiary/aromatic N) is 2. The Bertz CT molecular complexity index is 999. The molecule has 3 rings (SSSR count). The van der Waals surface area contributed by atoms with Crippen molar-refractivity contribution < 1.29 is 33.8 Å². The summed E-state index contributed by atoms with van der Waals surface area (Å²) in [5.74, 6) is -3.08. The van der Waals surface area contributed by atoms with Crippen LogP contribution in [0.2, 0.25) is 0 Å². The Kier molecular flexibility index (Phi) is 10.6. The van der Waals surface area contributed by atoms with Crippen molar-refractivity contribution in [3.8, 4) is 0 Å². The highest BCUT2D eigenvalue weighted by molar-refractivity contribution is 9.09. The molecule has 0 saturated carbocycles. The van der Waals surface area contributed by atoms with Crippen LogP contribution in [-0.2, 0) is 28.7 Å². The zero-order chi connectivity index (χ0) is 29.8. The van der Waals surface area contributed by atoms with E-state index in [2.05, 4.69) is 34.4 Å². The molecule has 40 heavy (non-hydrogen) atoms. The summed E-state index contributed by atoms with van der Waals surface area (Å²) < 4.78 is 12.2. The van der Waals surface area contributed by atoms with E-state index < -0.39 is 47.2 Å². The molecule has 3 aliphatic heterocycles. The minimum Gasteiger partial charge on any atom is -0.460 e. The van der Waals surface area contributed by atoms with Gasteiger partial charge in [-0.25, -0.2) is 0 Å². The van der Waals surface area contributed by atoms with E-state index in [1.54, 1.807) is 28.9 Å². The van der Waals surface area contributed by atoms with Crippen molar-refractivity contribution in [2.75, 3.05) is 26.2 Å². The van der Waals surface area contributed by atoms with Crippen molar-refractivity contribution in [1.29, 1.82) is 0 Å². The average Bonchev–Trinajstić information content (AvgIpc) is 3.47. The van der Waals surface area contributed by atoms with Gasteiger partial charge >= 0.3 is 5.97 Å². The molecule has 1 unspecified atom stereocenters. The summed E-state index contributed by atoms with van der Waals surface area (Å²) in [5.41, 5.74) is -1.74. The van der Waals surface area contributed by atoms with Gasteiger partial charge in [-0.15, -0.1) is 13.2 Å². The first-order chi connectivity index (χ1) is 18.8. The molecule has 0 aromatic heterocycles. The summed E-state index contributed by atoms with van der Waals surface area (Å²) in [6.45, 7) is 15.5. The fourth-order valence-corrected chi connectivity index (χ4v) is 7.12. The maximum atomic E-state index is 14.3. The van der Waals surface area contributed by atoms with Crippen LogP contribution in [0, 0.1) is 11.8 Å².